The van der Waals surface area contributed by atoms with E-state index in [1.807, 2.05) is 0 Å². The van der Waals surface area contributed by atoms with E-state index in [1.54, 1.807) is 0 Å². The summed E-state index contributed by atoms with van der Waals surface area (Å²) >= 11 is 0. The molecule has 2 rings (SSSR count). The van der Waals surface area contributed by atoms with Crippen LogP contribution in [-0.2, 0) is 9.53 Å². The summed E-state index contributed by atoms with van der Waals surface area (Å²) in [6.45, 7) is -1.14. The molecule has 0 unspecified atom stereocenters. The molecule has 1 saturated heterocycles. The Morgan fingerprint density at radius 3 is 2.33 bits per heavy atom. The highest BCUT2D eigenvalue weighted by Crippen LogP contribution is 2.27. The van der Waals surface area contributed by atoms with Gasteiger partial charge in [0.1, 0.15) is 42.4 Å². The van der Waals surface area contributed by atoms with E-state index in [-0.39, 0.29) is 12.1 Å². The number of ether oxygens (including phenoxy) is 1. The Labute approximate surface area is 152 Å². The molecule has 9 N–H and O–H groups in total. The number of aliphatic hydroxyl groups excluding tert-OH is 7. The molecule has 0 aromatic carbocycles. The lowest BCUT2D eigenvalue weighted by molar-refractivity contribution is -0.127. The average molecular weight is 393 g/mol. The lowest BCUT2D eigenvalue weighted by Crippen LogP contribution is -2.40. The minimum Gasteiger partial charge on any atom is -0.394 e. The fourth-order valence-corrected chi connectivity index (χ4v) is 2.15. The smallest absolute Gasteiger partial charge is 0.351 e. The van der Waals surface area contributed by atoms with Gasteiger partial charge in [0, 0.05) is 6.20 Å². The van der Waals surface area contributed by atoms with Crippen molar-refractivity contribution in [3.8, 4) is 0 Å². The van der Waals surface area contributed by atoms with Crippen LogP contribution in [0.5, 0.6) is 0 Å². The highest BCUT2D eigenvalue weighted by molar-refractivity contribution is 5.56. The molecule has 0 saturated carbocycles. The van der Waals surface area contributed by atoms with Gasteiger partial charge in [-0.1, -0.05) is 0 Å². The number of aldehydes is 1. The summed E-state index contributed by atoms with van der Waals surface area (Å²) in [6.07, 6.45) is -7.90. The van der Waals surface area contributed by atoms with Gasteiger partial charge in [0.05, 0.1) is 13.2 Å². The van der Waals surface area contributed by atoms with Crippen molar-refractivity contribution in [3.05, 3.63) is 22.7 Å². The topological polar surface area (TPSA) is 229 Å². The molecule has 154 valence electrons. The summed E-state index contributed by atoms with van der Waals surface area (Å²) in [5.41, 5.74) is 4.63. The maximum Gasteiger partial charge on any atom is 0.351 e. The number of nitrogen functional groups attached to an aromatic ring is 1. The molecule has 1 aliphatic heterocycles. The molecular formula is C14H23N3O10. The minimum atomic E-state index is -1.64. The Hall–Kier alpha value is -1.97. The van der Waals surface area contributed by atoms with E-state index in [2.05, 4.69) is 4.98 Å². The van der Waals surface area contributed by atoms with Crippen molar-refractivity contribution in [2.24, 2.45) is 0 Å². The molecule has 0 bridgehead atoms. The van der Waals surface area contributed by atoms with Gasteiger partial charge in [-0.25, -0.2) is 4.79 Å². The lowest BCUT2D eigenvalue weighted by atomic mass is 10.1. The molecule has 27 heavy (non-hydrogen) atoms. The van der Waals surface area contributed by atoms with Crippen molar-refractivity contribution in [2.45, 2.75) is 42.9 Å². The van der Waals surface area contributed by atoms with E-state index in [0.29, 0.717) is 0 Å². The van der Waals surface area contributed by atoms with E-state index in [9.17, 15) is 19.8 Å². The first-order valence-electron chi connectivity index (χ1n) is 7.75. The first kappa shape index (κ1) is 23.1. The van der Waals surface area contributed by atoms with Crippen LogP contribution in [0.2, 0.25) is 0 Å². The van der Waals surface area contributed by atoms with Gasteiger partial charge in [0.15, 0.2) is 12.5 Å². The number of nitrogens with two attached hydrogens (primary N) is 1. The number of rotatable bonds is 6. The summed E-state index contributed by atoms with van der Waals surface area (Å²) in [7, 11) is 0. The normalized spacial score (nSPS) is 28.0. The Morgan fingerprint density at radius 2 is 1.89 bits per heavy atom. The van der Waals surface area contributed by atoms with Gasteiger partial charge < -0.3 is 51.0 Å². The first-order valence-corrected chi connectivity index (χ1v) is 7.75. The molecule has 0 amide bonds. The molecular weight excluding hydrogens is 370 g/mol. The second kappa shape index (κ2) is 10.4. The van der Waals surface area contributed by atoms with Crippen molar-refractivity contribution >= 4 is 12.1 Å². The van der Waals surface area contributed by atoms with Gasteiger partial charge in [-0.05, 0) is 6.07 Å². The Balaban J connectivity index is 0.000000314. The van der Waals surface area contributed by atoms with Crippen molar-refractivity contribution in [1.29, 1.82) is 0 Å². The maximum atomic E-state index is 11.5. The largest absolute Gasteiger partial charge is 0.394 e. The third kappa shape index (κ3) is 5.75. The third-order valence-electron chi connectivity index (χ3n) is 3.71. The summed E-state index contributed by atoms with van der Waals surface area (Å²) in [6, 6.07) is 1.37. The molecule has 1 fully saturated rings. The third-order valence-corrected chi connectivity index (χ3v) is 3.71. The summed E-state index contributed by atoms with van der Waals surface area (Å²) in [4.78, 5) is 24.8. The molecule has 1 aromatic heterocycles. The van der Waals surface area contributed by atoms with Crippen molar-refractivity contribution in [1.82, 2.24) is 9.55 Å². The predicted molar refractivity (Wildman–Crippen MR) is 87.1 cm³/mol. The van der Waals surface area contributed by atoms with Gasteiger partial charge >= 0.3 is 5.69 Å². The number of aliphatic hydroxyl groups is 7. The van der Waals surface area contributed by atoms with Crippen LogP contribution in [0.25, 0.3) is 0 Å². The van der Waals surface area contributed by atoms with Crippen LogP contribution in [0.3, 0.4) is 0 Å². The van der Waals surface area contributed by atoms with E-state index >= 15 is 0 Å². The molecule has 13 nitrogen and oxygen atoms in total. The molecule has 0 aliphatic carbocycles. The summed E-state index contributed by atoms with van der Waals surface area (Å²) in [5, 5.41) is 62.2. The molecule has 1 aromatic rings. The van der Waals surface area contributed by atoms with Crippen molar-refractivity contribution < 1.29 is 45.3 Å². The molecule has 0 spiro atoms. The van der Waals surface area contributed by atoms with Gasteiger partial charge in [0.2, 0.25) is 0 Å². The molecule has 2 heterocycles. The van der Waals surface area contributed by atoms with Crippen LogP contribution in [0.1, 0.15) is 6.23 Å². The molecule has 7 atom stereocenters. The predicted octanol–water partition coefficient (Wildman–Crippen LogP) is -5.30. The zero-order valence-corrected chi connectivity index (χ0v) is 14.0. The summed E-state index contributed by atoms with van der Waals surface area (Å²) in [5.74, 6) is 0.0537. The van der Waals surface area contributed by atoms with Gasteiger partial charge in [-0.2, -0.15) is 4.98 Å². The van der Waals surface area contributed by atoms with E-state index < -0.39 is 61.8 Å². The Bertz CT molecular complexity index is 656. The van der Waals surface area contributed by atoms with Crippen LogP contribution in [0, 0.1) is 0 Å². The number of carbonyl (C=O) groups is 1. The fraction of sp³-hybridized carbons (Fsp3) is 0.643. The number of nitrogens with zero attached hydrogens (tertiary/aromatic N) is 2. The van der Waals surface area contributed by atoms with Gasteiger partial charge in [-0.3, -0.25) is 4.57 Å². The van der Waals surface area contributed by atoms with Crippen molar-refractivity contribution in [3.63, 3.8) is 0 Å². The summed E-state index contributed by atoms with van der Waals surface area (Å²) < 4.78 is 6.19. The first-order chi connectivity index (χ1) is 12.7. The van der Waals surface area contributed by atoms with Gasteiger partial charge in [0.25, 0.3) is 0 Å². The maximum absolute atomic E-state index is 11.5. The van der Waals surface area contributed by atoms with E-state index in [1.165, 1.54) is 12.3 Å². The fourth-order valence-electron chi connectivity index (χ4n) is 2.15. The number of carbonyl (C=O) groups excluding carboxylic acids is 1. The average Bonchev–Trinajstić information content (AvgIpc) is 2.94. The SMILES string of the molecule is Nc1ccn([C@@H]2O[C@H](CO)[C@@H](O)[C@H]2O)c(=O)n1.O=C[C@@H](O)[C@H](O)[C@H](O)CO. The van der Waals surface area contributed by atoms with E-state index in [4.69, 9.17) is 36.0 Å². The number of hydrogen-bond acceptors (Lipinski definition) is 12. The van der Waals surface area contributed by atoms with Crippen molar-refractivity contribution in [2.75, 3.05) is 18.9 Å². The second-order valence-corrected chi connectivity index (χ2v) is 5.64. The zero-order valence-electron chi connectivity index (χ0n) is 14.0. The molecule has 13 heteroatoms. The van der Waals surface area contributed by atoms with E-state index in [0.717, 1.165) is 4.57 Å². The second-order valence-electron chi connectivity index (χ2n) is 5.64. The van der Waals surface area contributed by atoms with Crippen LogP contribution in [-0.4, -0.2) is 101 Å². The van der Waals surface area contributed by atoms with Gasteiger partial charge in [-0.15, -0.1) is 0 Å². The highest BCUT2D eigenvalue weighted by Gasteiger charge is 2.43. The quantitative estimate of drug-likeness (QED) is 0.212. The number of anilines is 1. The standard InChI is InChI=1S/C9H13N3O5.C5H10O5/c10-5-1-2-12(9(16)11-5)8-7(15)6(14)4(3-13)17-8;6-1-3(8)5(10)4(9)2-7/h1-2,4,6-8,13-15H,3H2,(H2,10,11,16);1,3-5,7-10H,2H2/t4-,6-,7-,8-;3-,4-,5+/m11/s1. The highest BCUT2D eigenvalue weighted by atomic mass is 16.6. The number of hydrogen-bond donors (Lipinski definition) is 8. The number of aromatic nitrogens is 2. The zero-order chi connectivity index (χ0) is 20.7. The molecule has 0 radical (unpaired) electrons. The Morgan fingerprint density at radius 1 is 1.26 bits per heavy atom. The monoisotopic (exact) mass is 393 g/mol. The van der Waals surface area contributed by atoms with Crippen LogP contribution in [0.4, 0.5) is 5.82 Å². The Kier molecular flexibility index (Phi) is 8.87. The van der Waals surface area contributed by atoms with Crippen LogP contribution >= 0.6 is 0 Å². The van der Waals surface area contributed by atoms with Crippen LogP contribution < -0.4 is 11.4 Å². The molecule has 1 aliphatic rings. The lowest BCUT2D eigenvalue weighted by Gasteiger charge is -2.16. The van der Waals surface area contributed by atoms with Crippen LogP contribution in [0.15, 0.2) is 17.1 Å². The minimum absolute atomic E-state index is 0.0537.